The first-order valence-electron chi connectivity index (χ1n) is 31.9. The largest absolute Gasteiger partial charge is 0.496 e. The summed E-state index contributed by atoms with van der Waals surface area (Å²) in [5.74, 6) is -0.805. The van der Waals surface area contributed by atoms with Crippen LogP contribution in [-0.2, 0) is 84.6 Å². The fourth-order valence-electron chi connectivity index (χ4n) is 10.5. The highest BCUT2D eigenvalue weighted by Gasteiger charge is 2.36. The van der Waals surface area contributed by atoms with Crippen molar-refractivity contribution in [2.24, 2.45) is 26.0 Å². The lowest BCUT2D eigenvalue weighted by atomic mass is 9.74. The van der Waals surface area contributed by atoms with E-state index in [2.05, 4.69) is 58.4 Å². The Kier molecular flexibility index (Phi) is 30.4. The fraction of sp³-hybridized carbons (Fsp3) is 0.239. The number of nitrogen functional groups attached to an aromatic ring is 1. The van der Waals surface area contributed by atoms with Gasteiger partial charge in [0.15, 0.2) is 23.1 Å². The molecule has 1 aliphatic heterocycles. The number of nitrogens with one attached hydrogen (secondary N) is 2. The monoisotopic (exact) mass is 1740 g/mol. The molecule has 0 radical (unpaired) electrons. The molecule has 0 aromatic heterocycles. The Morgan fingerprint density at radius 1 is 0.467 bits per heavy atom. The van der Waals surface area contributed by atoms with Gasteiger partial charge in [-0.2, -0.15) is 0 Å². The molecule has 28 nitrogen and oxygen atoms in total. The number of Topliss-reactive ketones (excluding diaryl/α,β-unsaturated/α-hetero) is 4. The van der Waals surface area contributed by atoms with Gasteiger partial charge in [0.25, 0.3) is 5.69 Å². The predicted molar refractivity (Wildman–Crippen MR) is 415 cm³/mol. The van der Waals surface area contributed by atoms with Gasteiger partial charge in [0.05, 0.1) is 47.9 Å². The number of anilines is 3. The third-order valence-electron chi connectivity index (χ3n) is 15.6. The van der Waals surface area contributed by atoms with Gasteiger partial charge in [0.2, 0.25) is 40.1 Å². The summed E-state index contributed by atoms with van der Waals surface area (Å²) in [4.78, 5) is 84.3. The van der Waals surface area contributed by atoms with Crippen LogP contribution in [0.3, 0.4) is 0 Å². The topological polar surface area (TPSA) is 473 Å². The average Bonchev–Trinajstić information content (AvgIpc) is 0.819. The Bertz CT molecular complexity index is 5260. The van der Waals surface area contributed by atoms with Crippen molar-refractivity contribution in [1.82, 2.24) is 0 Å². The number of sulfonamides is 4. The number of nitro groups is 1. The number of nitrogens with zero attached hydrogens (tertiary/aromatic N) is 1. The molecule has 0 spiro atoms. The number of ether oxygens (including phenoxy) is 2. The van der Waals surface area contributed by atoms with Crippen LogP contribution in [0.5, 0.6) is 0 Å². The Morgan fingerprint density at radius 3 is 1.10 bits per heavy atom. The summed E-state index contributed by atoms with van der Waals surface area (Å²) in [5.41, 5.74) is 13.3. The first-order chi connectivity index (χ1) is 49.8. The minimum atomic E-state index is -3.84. The standard InChI is InChI=1S/C23H29BN2O7S.C18H19BrN2O5S.C15H13BrN2O5S.C15H15BrN2O3S/c1-5-31-22(28)26-19-12-17(7-8-18(19)24-32-13-23(3,4)14-33-24)20(27)11-16-6-9-21(15(2)10-16)34(25,29)30;1-3-26-18(23)21-15-10-13(5-6-14(15)19)16(22)9-12-4-7-17(11(2)8-12)27(20,24)25;1-9-6-10(2-5-15(9)24(17,22)23)7-14(19)11-3-4-12(16)13(8-11)18(20)21;1-9-6-10(2-5-15(9)22(18,20)21)7-14(19)11-3-4-12(16)13(17)8-11/h6-10,12H,5,11,13-14H2,1-4H3,(H,26,28)(H2,25,29,30);4-8,10H,3,9H2,1-2H3,(H,21,23)(H2,20,24,25);2-6,8H,7H2,1H3,(H2,17,22,23);2-6,8H,7,17H2,1H3,(H2,18,20,21). The summed E-state index contributed by atoms with van der Waals surface area (Å²) in [6, 6.07) is 37.1. The molecular weight excluding hydrogens is 1660 g/mol. The summed E-state index contributed by atoms with van der Waals surface area (Å²) in [5, 5.41) is 36.7. The number of ketones is 4. The van der Waals surface area contributed by atoms with Crippen molar-refractivity contribution in [1.29, 1.82) is 0 Å². The average molecular weight is 1740 g/mol. The van der Waals surface area contributed by atoms with Gasteiger partial charge in [-0.3, -0.25) is 39.9 Å². The van der Waals surface area contributed by atoms with Crippen LogP contribution in [0.1, 0.15) is 114 Å². The zero-order valence-corrected chi connectivity index (χ0v) is 66.9. The van der Waals surface area contributed by atoms with Crippen molar-refractivity contribution in [3.8, 4) is 0 Å². The van der Waals surface area contributed by atoms with Crippen LogP contribution in [-0.4, -0.2) is 107 Å². The number of carbonyl (C=O) groups is 6. The van der Waals surface area contributed by atoms with Crippen molar-refractivity contribution in [3.63, 3.8) is 0 Å². The third kappa shape index (κ3) is 25.7. The van der Waals surface area contributed by atoms with Crippen molar-refractivity contribution in [2.75, 3.05) is 42.8 Å². The molecule has 0 bridgehead atoms. The molecule has 12 N–H and O–H groups in total. The van der Waals surface area contributed by atoms with E-state index in [9.17, 15) is 72.6 Å². The van der Waals surface area contributed by atoms with Gasteiger partial charge in [-0.05, 0) is 201 Å². The van der Waals surface area contributed by atoms with Crippen LogP contribution in [0.4, 0.5) is 32.3 Å². The molecule has 107 heavy (non-hydrogen) atoms. The van der Waals surface area contributed by atoms with E-state index < -0.39 is 64.3 Å². The zero-order chi connectivity index (χ0) is 79.8. The second kappa shape index (κ2) is 37.4. The van der Waals surface area contributed by atoms with E-state index in [1.54, 1.807) is 139 Å². The van der Waals surface area contributed by atoms with E-state index in [0.29, 0.717) is 95.8 Å². The normalized spacial score (nSPS) is 12.6. The summed E-state index contributed by atoms with van der Waals surface area (Å²) in [6.07, 6.45) is -1.01. The maximum atomic E-state index is 13.0. The molecule has 568 valence electrons. The van der Waals surface area contributed by atoms with Crippen LogP contribution >= 0.6 is 47.8 Å². The number of aryl methyl sites for hydroxylation is 4. The van der Waals surface area contributed by atoms with E-state index in [0.717, 1.165) is 10.0 Å². The highest BCUT2D eigenvalue weighted by Crippen LogP contribution is 2.30. The van der Waals surface area contributed by atoms with E-state index in [-0.39, 0.29) is 103 Å². The minimum absolute atomic E-state index is 0.00187. The molecule has 1 fully saturated rings. The van der Waals surface area contributed by atoms with Crippen LogP contribution in [0.2, 0.25) is 0 Å². The van der Waals surface area contributed by atoms with Gasteiger partial charge in [0, 0.05) is 98.4 Å². The van der Waals surface area contributed by atoms with E-state index >= 15 is 0 Å². The number of nitrogens with two attached hydrogens (primary N) is 5. The van der Waals surface area contributed by atoms with Crippen LogP contribution in [0.15, 0.2) is 179 Å². The molecule has 0 aliphatic carbocycles. The number of halogens is 3. The van der Waals surface area contributed by atoms with Crippen LogP contribution in [0, 0.1) is 43.2 Å². The summed E-state index contributed by atoms with van der Waals surface area (Å²) in [6.45, 7) is 15.3. The number of hydrogen-bond donors (Lipinski definition) is 7. The molecule has 36 heteroatoms. The van der Waals surface area contributed by atoms with Crippen molar-refractivity contribution >= 4 is 159 Å². The molecule has 0 saturated carbocycles. The number of rotatable bonds is 22. The predicted octanol–water partition coefficient (Wildman–Crippen LogP) is 11.0. The smallest absolute Gasteiger partial charge is 0.450 e. The van der Waals surface area contributed by atoms with Gasteiger partial charge in [-0.25, -0.2) is 63.8 Å². The number of nitro benzene ring substituents is 1. The van der Waals surface area contributed by atoms with Gasteiger partial charge in [0.1, 0.15) is 0 Å². The fourth-order valence-corrected chi connectivity index (χ4v) is 14.6. The van der Waals surface area contributed by atoms with Crippen molar-refractivity contribution < 1.29 is 86.1 Å². The van der Waals surface area contributed by atoms with E-state index in [4.69, 9.17) is 45.1 Å². The molecule has 8 aromatic carbocycles. The van der Waals surface area contributed by atoms with Gasteiger partial charge >= 0.3 is 19.3 Å². The second-order valence-corrected chi connectivity index (χ2v) is 33.6. The summed E-state index contributed by atoms with van der Waals surface area (Å²) >= 11 is 9.65. The maximum absolute atomic E-state index is 13.0. The van der Waals surface area contributed by atoms with Crippen LogP contribution < -0.4 is 42.4 Å². The summed E-state index contributed by atoms with van der Waals surface area (Å²) in [7, 11) is -15.9. The summed E-state index contributed by atoms with van der Waals surface area (Å²) < 4.78 is 115. The molecule has 1 saturated heterocycles. The molecule has 1 heterocycles. The quantitative estimate of drug-likeness (QED) is 0.0109. The Labute approximate surface area is 645 Å². The zero-order valence-electron chi connectivity index (χ0n) is 58.9. The van der Waals surface area contributed by atoms with E-state index in [1.165, 1.54) is 48.5 Å². The number of benzene rings is 8. The van der Waals surface area contributed by atoms with Gasteiger partial charge in [-0.1, -0.05) is 86.6 Å². The lowest BCUT2D eigenvalue weighted by Gasteiger charge is -2.33. The minimum Gasteiger partial charge on any atom is -0.450 e. The Morgan fingerprint density at radius 2 is 0.776 bits per heavy atom. The number of carbonyl (C=O) groups excluding carboxylic acids is 6. The molecule has 2 amide bonds. The second-order valence-electron chi connectivity index (χ2n) is 24.9. The number of primary sulfonamides is 4. The maximum Gasteiger partial charge on any atom is 0.496 e. The van der Waals surface area contributed by atoms with Gasteiger partial charge < -0.3 is 24.5 Å². The molecular formula is C71H76BBr3N8O20S4. The highest BCUT2D eigenvalue weighted by atomic mass is 79.9. The lowest BCUT2D eigenvalue weighted by molar-refractivity contribution is -0.385. The first kappa shape index (κ1) is 87.2. The molecule has 8 aromatic rings. The van der Waals surface area contributed by atoms with Crippen LogP contribution in [0.25, 0.3) is 0 Å². The van der Waals surface area contributed by atoms with Gasteiger partial charge in [-0.15, -0.1) is 0 Å². The number of amides is 2. The molecule has 9 rings (SSSR count). The molecule has 0 atom stereocenters. The lowest BCUT2D eigenvalue weighted by Crippen LogP contribution is -2.48. The Balaban J connectivity index is 0.000000226. The highest BCUT2D eigenvalue weighted by molar-refractivity contribution is 9.11. The van der Waals surface area contributed by atoms with E-state index in [1.807, 2.05) is 13.8 Å². The molecule has 1 aliphatic rings. The first-order valence-corrected chi connectivity index (χ1v) is 40.5. The SMILES string of the molecule is CCOC(=O)Nc1cc(C(=O)Cc2ccc(S(N)(=O)=O)c(C)c2)ccc1B1OCC(C)(C)CO1.CCOC(=O)Nc1cc(C(=O)Cc2ccc(S(N)(=O)=O)c(C)c2)ccc1Br.Cc1cc(CC(=O)c2ccc(Br)c(N)c2)ccc1S(N)(=O)=O.Cc1cc(CC(=O)c2ccc(Br)c([N+](=O)[O-])c2)ccc1S(N)(=O)=O. The Hall–Kier alpha value is -8.76. The number of hydrogen-bond acceptors (Lipinski definition) is 21. The third-order valence-corrected chi connectivity index (χ3v) is 22.0. The van der Waals surface area contributed by atoms with Crippen molar-refractivity contribution in [2.45, 2.75) is 101 Å². The van der Waals surface area contributed by atoms with Crippen molar-refractivity contribution in [3.05, 3.63) is 236 Å². The molecule has 0 unspecified atom stereocenters.